The third kappa shape index (κ3) is 5.01. The van der Waals surface area contributed by atoms with Crippen LogP contribution in [0.5, 0.6) is 0 Å². The van der Waals surface area contributed by atoms with E-state index in [1.165, 1.54) is 0 Å². The van der Waals surface area contributed by atoms with Crippen LogP contribution in [-0.2, 0) is 9.63 Å². The van der Waals surface area contributed by atoms with Crippen molar-refractivity contribution in [1.82, 2.24) is 15.7 Å². The highest BCUT2D eigenvalue weighted by Crippen LogP contribution is 2.15. The fourth-order valence-electron chi connectivity index (χ4n) is 1.93. The van der Waals surface area contributed by atoms with E-state index in [9.17, 15) is 9.59 Å². The zero-order valence-corrected chi connectivity index (χ0v) is 9.94. The average Bonchev–Trinajstić information content (AvgIpc) is 2.29. The molecule has 1 rings (SSSR count). The molecule has 1 atom stereocenters. The van der Waals surface area contributed by atoms with Gasteiger partial charge in [-0.3, -0.25) is 4.84 Å². The van der Waals surface area contributed by atoms with E-state index in [0.717, 1.165) is 19.4 Å². The topological polar surface area (TPSA) is 90.9 Å². The van der Waals surface area contributed by atoms with Gasteiger partial charge in [-0.05, 0) is 32.4 Å². The van der Waals surface area contributed by atoms with Gasteiger partial charge in [0.05, 0.1) is 0 Å². The number of nitrogens with zero attached hydrogens (tertiary/aromatic N) is 1. The number of hydrogen-bond acceptors (Lipinski definition) is 4. The number of carbonyl (C=O) groups excluding carboxylic acids is 1. The van der Waals surface area contributed by atoms with Gasteiger partial charge < -0.3 is 15.3 Å². The predicted molar refractivity (Wildman–Crippen MR) is 60.3 cm³/mol. The molecule has 0 aliphatic carbocycles. The molecule has 0 radical (unpaired) electrons. The van der Waals surface area contributed by atoms with Crippen LogP contribution >= 0.6 is 0 Å². The Morgan fingerprint density at radius 2 is 2.29 bits per heavy atom. The van der Waals surface area contributed by atoms with Crippen LogP contribution in [0, 0.1) is 5.92 Å². The number of urea groups is 1. The lowest BCUT2D eigenvalue weighted by Crippen LogP contribution is -2.47. The number of hydrogen-bond donors (Lipinski definition) is 3. The maximum atomic E-state index is 11.6. The van der Waals surface area contributed by atoms with Gasteiger partial charge in [-0.15, -0.1) is 0 Å². The summed E-state index contributed by atoms with van der Waals surface area (Å²) in [4.78, 5) is 28.0. The molecule has 1 aliphatic rings. The minimum absolute atomic E-state index is 0.368. The molecule has 2 amide bonds. The first-order valence-corrected chi connectivity index (χ1v) is 5.66. The first-order valence-electron chi connectivity index (χ1n) is 5.66. The largest absolute Gasteiger partial charge is 0.479 e. The number of amides is 2. The van der Waals surface area contributed by atoms with E-state index in [0.29, 0.717) is 19.0 Å². The Kier molecular flexibility index (Phi) is 5.71. The van der Waals surface area contributed by atoms with E-state index in [4.69, 9.17) is 5.11 Å². The van der Waals surface area contributed by atoms with Gasteiger partial charge >= 0.3 is 12.0 Å². The third-order valence-corrected chi connectivity index (χ3v) is 2.65. The number of carbonyl (C=O) groups is 2. The second-order valence-electron chi connectivity index (χ2n) is 4.10. The highest BCUT2D eigenvalue weighted by Gasteiger charge is 2.23. The van der Waals surface area contributed by atoms with Crippen molar-refractivity contribution < 1.29 is 19.5 Å². The number of likely N-dealkylation sites (tertiary alicyclic amines) is 1. The van der Waals surface area contributed by atoms with Crippen LogP contribution < -0.4 is 10.8 Å². The van der Waals surface area contributed by atoms with Crippen molar-refractivity contribution in [3.05, 3.63) is 0 Å². The summed E-state index contributed by atoms with van der Waals surface area (Å²) in [5, 5.41) is 11.4. The lowest BCUT2D eigenvalue weighted by atomic mass is 9.98. The molecule has 0 aromatic carbocycles. The molecule has 3 N–H and O–H groups in total. The van der Waals surface area contributed by atoms with Crippen molar-refractivity contribution >= 4 is 12.0 Å². The molecule has 7 heteroatoms. The van der Waals surface area contributed by atoms with E-state index in [2.05, 4.69) is 15.6 Å². The Balaban J connectivity index is 2.28. The van der Waals surface area contributed by atoms with Gasteiger partial charge in [0.1, 0.15) is 0 Å². The van der Waals surface area contributed by atoms with Gasteiger partial charge in [0.25, 0.3) is 0 Å². The van der Waals surface area contributed by atoms with Crippen molar-refractivity contribution in [2.75, 3.05) is 33.3 Å². The van der Waals surface area contributed by atoms with Crippen molar-refractivity contribution in [1.29, 1.82) is 0 Å². The minimum Gasteiger partial charge on any atom is -0.479 e. The fourth-order valence-corrected chi connectivity index (χ4v) is 1.93. The maximum absolute atomic E-state index is 11.6. The van der Waals surface area contributed by atoms with Crippen LogP contribution in [0.2, 0.25) is 0 Å². The first-order chi connectivity index (χ1) is 8.13. The number of carboxylic acids is 1. The van der Waals surface area contributed by atoms with Crippen LogP contribution in [0.3, 0.4) is 0 Å². The molecule has 1 heterocycles. The number of hydroxylamine groups is 1. The second kappa shape index (κ2) is 7.08. The van der Waals surface area contributed by atoms with Crippen LogP contribution in [0.25, 0.3) is 0 Å². The Labute approximate surface area is 100 Å². The van der Waals surface area contributed by atoms with Gasteiger partial charge in [0.15, 0.2) is 6.61 Å². The van der Waals surface area contributed by atoms with E-state index in [1.54, 1.807) is 4.90 Å². The quantitative estimate of drug-likeness (QED) is 0.576. The summed E-state index contributed by atoms with van der Waals surface area (Å²) < 4.78 is 0. The molecule has 1 unspecified atom stereocenters. The molecule has 98 valence electrons. The first kappa shape index (κ1) is 13.7. The smallest absolute Gasteiger partial charge is 0.341 e. The second-order valence-corrected chi connectivity index (χ2v) is 4.10. The van der Waals surface area contributed by atoms with Crippen LogP contribution in [0.1, 0.15) is 12.8 Å². The molecule has 17 heavy (non-hydrogen) atoms. The highest BCUT2D eigenvalue weighted by molar-refractivity contribution is 5.73. The van der Waals surface area contributed by atoms with E-state index in [-0.39, 0.29) is 6.03 Å². The van der Waals surface area contributed by atoms with Gasteiger partial charge in [0, 0.05) is 13.1 Å². The summed E-state index contributed by atoms with van der Waals surface area (Å²) in [6.07, 6.45) is 2.05. The normalized spacial score (nSPS) is 20.1. The maximum Gasteiger partial charge on any atom is 0.341 e. The molecule has 0 aromatic rings. The molecule has 7 nitrogen and oxygen atoms in total. The molecular weight excluding hydrogens is 226 g/mol. The zero-order valence-electron chi connectivity index (χ0n) is 9.94. The van der Waals surface area contributed by atoms with Gasteiger partial charge in [-0.2, -0.15) is 0 Å². The molecule has 1 saturated heterocycles. The Morgan fingerprint density at radius 3 is 2.94 bits per heavy atom. The number of carboxylic acid groups (broad SMARTS) is 1. The van der Waals surface area contributed by atoms with E-state index in [1.807, 2.05) is 7.05 Å². The Bertz CT molecular complexity index is 270. The van der Waals surface area contributed by atoms with Crippen molar-refractivity contribution in [3.63, 3.8) is 0 Å². The Morgan fingerprint density at radius 1 is 1.53 bits per heavy atom. The molecule has 0 bridgehead atoms. The molecule has 0 spiro atoms. The third-order valence-electron chi connectivity index (χ3n) is 2.65. The summed E-state index contributed by atoms with van der Waals surface area (Å²) >= 11 is 0. The minimum atomic E-state index is -1.11. The summed E-state index contributed by atoms with van der Waals surface area (Å²) in [7, 11) is 1.88. The van der Waals surface area contributed by atoms with Crippen LogP contribution in [0.4, 0.5) is 4.79 Å². The number of aliphatic carboxylic acids is 1. The zero-order chi connectivity index (χ0) is 12.7. The van der Waals surface area contributed by atoms with Gasteiger partial charge in [0.2, 0.25) is 0 Å². The average molecular weight is 245 g/mol. The summed E-state index contributed by atoms with van der Waals surface area (Å²) in [5.41, 5.74) is 2.13. The predicted octanol–water partition coefficient (Wildman–Crippen LogP) is -0.356. The highest BCUT2D eigenvalue weighted by atomic mass is 16.7. The van der Waals surface area contributed by atoms with Gasteiger partial charge in [-0.25, -0.2) is 15.1 Å². The van der Waals surface area contributed by atoms with E-state index < -0.39 is 12.6 Å². The number of rotatable bonds is 5. The van der Waals surface area contributed by atoms with Crippen molar-refractivity contribution in [2.24, 2.45) is 5.92 Å². The lowest BCUT2D eigenvalue weighted by molar-refractivity contribution is -0.144. The van der Waals surface area contributed by atoms with Crippen LogP contribution in [-0.4, -0.2) is 55.3 Å². The summed E-state index contributed by atoms with van der Waals surface area (Å²) in [5.74, 6) is -0.670. The number of nitrogens with one attached hydrogen (secondary N) is 2. The molecule has 1 fully saturated rings. The van der Waals surface area contributed by atoms with Crippen molar-refractivity contribution in [3.8, 4) is 0 Å². The van der Waals surface area contributed by atoms with Crippen molar-refractivity contribution in [2.45, 2.75) is 12.8 Å². The van der Waals surface area contributed by atoms with E-state index >= 15 is 0 Å². The fraction of sp³-hybridized carbons (Fsp3) is 0.800. The van der Waals surface area contributed by atoms with Crippen LogP contribution in [0.15, 0.2) is 0 Å². The van der Waals surface area contributed by atoms with Gasteiger partial charge in [-0.1, -0.05) is 0 Å². The molecular formula is C10H19N3O4. The molecule has 0 aromatic heterocycles. The monoisotopic (exact) mass is 245 g/mol. The standard InChI is InChI=1S/C10H19N3O4/c1-11-5-8-3-2-4-13(6-8)10(16)12-17-7-9(14)15/h8,11H,2-7H2,1H3,(H,12,16)(H,14,15). The lowest BCUT2D eigenvalue weighted by Gasteiger charge is -2.32. The molecule has 0 saturated carbocycles. The summed E-state index contributed by atoms with van der Waals surface area (Å²) in [6.45, 7) is 1.70. The number of piperidine rings is 1. The summed E-state index contributed by atoms with van der Waals surface area (Å²) in [6, 6.07) is -0.368. The SMILES string of the molecule is CNCC1CCCN(C(=O)NOCC(=O)O)C1. The molecule has 1 aliphatic heterocycles. The Hall–Kier alpha value is -1.34.